The van der Waals surface area contributed by atoms with Crippen LogP contribution in [-0.2, 0) is 14.4 Å². The number of carbonyl (C=O) groups is 1. The molecule has 1 heterocycles. The van der Waals surface area contributed by atoms with Crippen LogP contribution in [0.1, 0.15) is 18.9 Å². The Morgan fingerprint density at radius 1 is 1.47 bits per heavy atom. The molecule has 0 N–H and O–H groups in total. The fourth-order valence-electron chi connectivity index (χ4n) is 1.59. The number of ether oxygens (including phenoxy) is 2. The van der Waals surface area contributed by atoms with E-state index >= 15 is 0 Å². The summed E-state index contributed by atoms with van der Waals surface area (Å²) in [6, 6.07) is 7.20. The quantitative estimate of drug-likeness (QED) is 0.591. The van der Waals surface area contributed by atoms with Crippen LogP contribution in [0.25, 0.3) is 0 Å². The van der Waals surface area contributed by atoms with Crippen LogP contribution in [0.3, 0.4) is 0 Å². The normalized spacial score (nSPS) is 18.5. The Kier molecular flexibility index (Phi) is 3.39. The van der Waals surface area contributed by atoms with E-state index in [1.807, 2.05) is 12.1 Å². The van der Waals surface area contributed by atoms with Crippen LogP contribution in [0.15, 0.2) is 29.4 Å². The summed E-state index contributed by atoms with van der Waals surface area (Å²) in [4.78, 5) is 16.0. The van der Waals surface area contributed by atoms with Gasteiger partial charge in [0, 0.05) is 19.6 Å². The second-order valence-electron chi connectivity index (χ2n) is 3.60. The molecule has 0 saturated carbocycles. The number of carbonyl (C=O) groups excluding carboxylic acids is 1. The maximum Gasteiger partial charge on any atom is 0.308 e. The molecule has 0 bridgehead atoms. The lowest BCUT2D eigenvalue weighted by Gasteiger charge is -2.07. The van der Waals surface area contributed by atoms with Crippen molar-refractivity contribution in [3.63, 3.8) is 0 Å². The first-order chi connectivity index (χ1) is 8.20. The first-order valence-electron chi connectivity index (χ1n) is 5.24. The van der Waals surface area contributed by atoms with Crippen molar-refractivity contribution in [2.24, 2.45) is 5.16 Å². The molecule has 1 unspecified atom stereocenters. The van der Waals surface area contributed by atoms with Crippen LogP contribution in [0.2, 0.25) is 0 Å². The Hall–Kier alpha value is -1.88. The number of rotatable bonds is 3. The number of para-hydroxylation sites is 1. The van der Waals surface area contributed by atoms with E-state index in [0.29, 0.717) is 17.9 Å². The SMILES string of the molecule is COC1CC(c2ccccc2OC(C)=O)=NO1. The van der Waals surface area contributed by atoms with E-state index in [-0.39, 0.29) is 12.3 Å². The van der Waals surface area contributed by atoms with Gasteiger partial charge >= 0.3 is 5.97 Å². The molecule has 2 rings (SSSR count). The van der Waals surface area contributed by atoms with Crippen LogP contribution < -0.4 is 4.74 Å². The summed E-state index contributed by atoms with van der Waals surface area (Å²) >= 11 is 0. The van der Waals surface area contributed by atoms with Crippen LogP contribution in [0, 0.1) is 0 Å². The minimum atomic E-state index is -0.365. The maximum atomic E-state index is 11.0. The molecule has 0 aliphatic carbocycles. The largest absolute Gasteiger partial charge is 0.426 e. The number of benzene rings is 1. The van der Waals surface area contributed by atoms with Crippen molar-refractivity contribution in [2.45, 2.75) is 19.6 Å². The third-order valence-corrected chi connectivity index (χ3v) is 2.36. The zero-order valence-electron chi connectivity index (χ0n) is 9.67. The predicted octanol–water partition coefficient (Wildman–Crippen LogP) is 1.71. The molecular formula is C12H13NO4. The van der Waals surface area contributed by atoms with Crippen molar-refractivity contribution in [2.75, 3.05) is 7.11 Å². The van der Waals surface area contributed by atoms with E-state index < -0.39 is 0 Å². The van der Waals surface area contributed by atoms with Crippen LogP contribution in [0.4, 0.5) is 0 Å². The highest BCUT2D eigenvalue weighted by atomic mass is 16.8. The molecule has 1 aliphatic heterocycles. The molecule has 1 aromatic carbocycles. The third-order valence-electron chi connectivity index (χ3n) is 2.36. The standard InChI is InChI=1S/C12H13NO4/c1-8(14)16-11-6-4-3-5-9(11)10-7-12(15-2)17-13-10/h3-6,12H,7H2,1-2H3. The van der Waals surface area contributed by atoms with Crippen molar-refractivity contribution in [3.05, 3.63) is 29.8 Å². The predicted molar refractivity (Wildman–Crippen MR) is 60.8 cm³/mol. The van der Waals surface area contributed by atoms with Crippen molar-refractivity contribution < 1.29 is 19.1 Å². The molecular weight excluding hydrogens is 222 g/mol. The van der Waals surface area contributed by atoms with Gasteiger partial charge in [-0.2, -0.15) is 0 Å². The number of methoxy groups -OCH3 is 1. The molecule has 17 heavy (non-hydrogen) atoms. The first-order valence-corrected chi connectivity index (χ1v) is 5.24. The van der Waals surface area contributed by atoms with E-state index in [2.05, 4.69) is 5.16 Å². The Morgan fingerprint density at radius 2 is 2.24 bits per heavy atom. The Labute approximate surface area is 99.0 Å². The van der Waals surface area contributed by atoms with Crippen LogP contribution in [-0.4, -0.2) is 25.1 Å². The fourth-order valence-corrected chi connectivity index (χ4v) is 1.59. The Bertz CT molecular complexity index is 456. The van der Waals surface area contributed by atoms with Gasteiger partial charge in [0.2, 0.25) is 6.29 Å². The topological polar surface area (TPSA) is 57.1 Å². The molecule has 1 atom stereocenters. The number of esters is 1. The molecule has 0 radical (unpaired) electrons. The average Bonchev–Trinajstić information content (AvgIpc) is 2.77. The van der Waals surface area contributed by atoms with Crippen molar-refractivity contribution in [3.8, 4) is 5.75 Å². The molecule has 0 aromatic heterocycles. The smallest absolute Gasteiger partial charge is 0.308 e. The first kappa shape index (κ1) is 11.6. The van der Waals surface area contributed by atoms with Gasteiger partial charge < -0.3 is 14.3 Å². The average molecular weight is 235 g/mol. The molecule has 0 spiro atoms. The molecule has 5 nitrogen and oxygen atoms in total. The summed E-state index contributed by atoms with van der Waals surface area (Å²) in [5.41, 5.74) is 1.47. The highest BCUT2D eigenvalue weighted by Gasteiger charge is 2.23. The van der Waals surface area contributed by atoms with E-state index in [0.717, 1.165) is 5.56 Å². The summed E-state index contributed by atoms with van der Waals surface area (Å²) in [5, 5.41) is 3.93. The number of hydrogen-bond acceptors (Lipinski definition) is 5. The molecule has 90 valence electrons. The van der Waals surface area contributed by atoms with Gasteiger partial charge in [0.25, 0.3) is 0 Å². The lowest BCUT2D eigenvalue weighted by Crippen LogP contribution is -2.11. The van der Waals surface area contributed by atoms with E-state index in [4.69, 9.17) is 14.3 Å². The van der Waals surface area contributed by atoms with Crippen molar-refractivity contribution in [1.82, 2.24) is 0 Å². The Morgan fingerprint density at radius 3 is 2.88 bits per heavy atom. The summed E-state index contributed by atoms with van der Waals surface area (Å²) in [5.74, 6) is 0.124. The van der Waals surface area contributed by atoms with Crippen LogP contribution in [0.5, 0.6) is 5.75 Å². The van der Waals surface area contributed by atoms with Gasteiger partial charge in [0.1, 0.15) is 5.75 Å². The van der Waals surface area contributed by atoms with Crippen molar-refractivity contribution >= 4 is 11.7 Å². The van der Waals surface area contributed by atoms with Gasteiger partial charge in [-0.1, -0.05) is 17.3 Å². The molecule has 5 heteroatoms. The van der Waals surface area contributed by atoms with Gasteiger partial charge in [-0.25, -0.2) is 0 Å². The summed E-state index contributed by atoms with van der Waals surface area (Å²) in [6.45, 7) is 1.36. The zero-order chi connectivity index (χ0) is 12.3. The second-order valence-corrected chi connectivity index (χ2v) is 3.60. The minimum absolute atomic E-state index is 0.361. The highest BCUT2D eigenvalue weighted by Crippen LogP contribution is 2.24. The van der Waals surface area contributed by atoms with E-state index in [1.165, 1.54) is 6.92 Å². The fraction of sp³-hybridized carbons (Fsp3) is 0.333. The van der Waals surface area contributed by atoms with Gasteiger partial charge in [0.15, 0.2) is 0 Å². The molecule has 0 amide bonds. The van der Waals surface area contributed by atoms with Gasteiger partial charge in [-0.3, -0.25) is 4.79 Å². The number of oxime groups is 1. The minimum Gasteiger partial charge on any atom is -0.426 e. The number of hydrogen-bond donors (Lipinski definition) is 0. The zero-order valence-corrected chi connectivity index (χ0v) is 9.67. The highest BCUT2D eigenvalue weighted by molar-refractivity contribution is 6.03. The maximum absolute atomic E-state index is 11.0. The summed E-state index contributed by atoms with van der Waals surface area (Å²) in [7, 11) is 1.56. The monoisotopic (exact) mass is 235 g/mol. The lowest BCUT2D eigenvalue weighted by molar-refractivity contribution is -0.131. The summed E-state index contributed by atoms with van der Waals surface area (Å²) in [6.07, 6.45) is 0.171. The third kappa shape index (κ3) is 2.62. The van der Waals surface area contributed by atoms with Gasteiger partial charge in [0.05, 0.1) is 12.1 Å². The number of nitrogens with zero attached hydrogens (tertiary/aromatic N) is 1. The summed E-state index contributed by atoms with van der Waals surface area (Å²) < 4.78 is 10.1. The molecule has 1 aliphatic rings. The van der Waals surface area contributed by atoms with Gasteiger partial charge in [-0.05, 0) is 12.1 Å². The molecule has 0 fully saturated rings. The van der Waals surface area contributed by atoms with Crippen molar-refractivity contribution in [1.29, 1.82) is 0 Å². The molecule has 0 saturated heterocycles. The lowest BCUT2D eigenvalue weighted by atomic mass is 10.1. The Balaban J connectivity index is 2.24. The second kappa shape index (κ2) is 4.97. The molecule has 1 aromatic rings. The van der Waals surface area contributed by atoms with Crippen LogP contribution >= 0.6 is 0 Å². The van der Waals surface area contributed by atoms with E-state index in [9.17, 15) is 4.79 Å². The van der Waals surface area contributed by atoms with Gasteiger partial charge in [-0.15, -0.1) is 0 Å². The van der Waals surface area contributed by atoms with E-state index in [1.54, 1.807) is 19.2 Å².